The van der Waals surface area contributed by atoms with Crippen molar-refractivity contribution in [1.82, 2.24) is 5.32 Å². The van der Waals surface area contributed by atoms with Crippen LogP contribution in [0.5, 0.6) is 0 Å². The lowest BCUT2D eigenvalue weighted by Gasteiger charge is -2.17. The molecule has 0 heterocycles. The highest BCUT2D eigenvalue weighted by atomic mass is 127. The van der Waals surface area contributed by atoms with E-state index in [2.05, 4.69) is 27.9 Å². The second-order valence-corrected chi connectivity index (χ2v) is 6.60. The van der Waals surface area contributed by atoms with Gasteiger partial charge in [0.25, 0.3) is 0 Å². The van der Waals surface area contributed by atoms with Crippen LogP contribution in [0, 0.1) is 15.2 Å². The van der Waals surface area contributed by atoms with Crippen molar-refractivity contribution in [2.45, 2.75) is 18.9 Å². The minimum atomic E-state index is -0.938. The minimum absolute atomic E-state index is 0.217. The van der Waals surface area contributed by atoms with Crippen LogP contribution in [0.25, 0.3) is 0 Å². The lowest BCUT2D eigenvalue weighted by molar-refractivity contribution is -0.145. The van der Waals surface area contributed by atoms with Crippen LogP contribution in [0.4, 0.5) is 8.78 Å². The van der Waals surface area contributed by atoms with Gasteiger partial charge in [-0.05, 0) is 52.4 Å². The number of halogens is 3. The molecule has 0 saturated carbocycles. The molecule has 132 valence electrons. The molecule has 1 amide bonds. The second kappa shape index (κ2) is 8.89. The molecule has 0 aliphatic rings. The summed E-state index contributed by atoms with van der Waals surface area (Å²) >= 11 is 2.16. The molecule has 0 bridgehead atoms. The molecule has 4 nitrogen and oxygen atoms in total. The van der Waals surface area contributed by atoms with Crippen molar-refractivity contribution in [3.8, 4) is 0 Å². The fourth-order valence-corrected chi connectivity index (χ4v) is 2.66. The molecule has 0 aliphatic carbocycles. The first kappa shape index (κ1) is 19.3. The lowest BCUT2D eigenvalue weighted by atomic mass is 10.0. The van der Waals surface area contributed by atoms with Crippen LogP contribution in [0.1, 0.15) is 11.1 Å². The van der Waals surface area contributed by atoms with E-state index in [0.29, 0.717) is 0 Å². The van der Waals surface area contributed by atoms with Gasteiger partial charge in [-0.1, -0.05) is 18.2 Å². The molecule has 25 heavy (non-hydrogen) atoms. The number of hydrogen-bond donors (Lipinski definition) is 1. The van der Waals surface area contributed by atoms with E-state index in [9.17, 15) is 18.4 Å². The predicted molar refractivity (Wildman–Crippen MR) is 96.9 cm³/mol. The highest BCUT2D eigenvalue weighted by Crippen LogP contribution is 2.13. The first-order chi connectivity index (χ1) is 11.9. The summed E-state index contributed by atoms with van der Waals surface area (Å²) in [4.78, 5) is 24.1. The van der Waals surface area contributed by atoms with E-state index < -0.39 is 36.0 Å². The van der Waals surface area contributed by atoms with Gasteiger partial charge < -0.3 is 10.1 Å². The van der Waals surface area contributed by atoms with Crippen LogP contribution in [-0.2, 0) is 27.2 Å². The molecule has 0 saturated heterocycles. The van der Waals surface area contributed by atoms with E-state index in [1.165, 1.54) is 13.2 Å². The number of rotatable bonds is 6. The molecule has 7 heteroatoms. The summed E-state index contributed by atoms with van der Waals surface area (Å²) in [5, 5.41) is 2.49. The van der Waals surface area contributed by atoms with Crippen molar-refractivity contribution < 1.29 is 23.1 Å². The van der Waals surface area contributed by atoms with E-state index in [-0.39, 0.29) is 12.0 Å². The second-order valence-electron chi connectivity index (χ2n) is 5.35. The number of carbonyl (C=O) groups is 2. The number of carbonyl (C=O) groups excluding carboxylic acids is 2. The van der Waals surface area contributed by atoms with E-state index in [4.69, 9.17) is 4.74 Å². The third-order valence-electron chi connectivity index (χ3n) is 3.57. The third-order valence-corrected chi connectivity index (χ3v) is 4.29. The maximum Gasteiger partial charge on any atom is 0.328 e. The summed E-state index contributed by atoms with van der Waals surface area (Å²) in [6.45, 7) is 0. The smallest absolute Gasteiger partial charge is 0.328 e. The first-order valence-electron chi connectivity index (χ1n) is 7.45. The molecule has 2 aromatic rings. The monoisotopic (exact) mass is 459 g/mol. The van der Waals surface area contributed by atoms with Gasteiger partial charge in [0, 0.05) is 15.6 Å². The Balaban J connectivity index is 2.09. The zero-order valence-electron chi connectivity index (χ0n) is 13.4. The average Bonchev–Trinajstić information content (AvgIpc) is 2.59. The number of amides is 1. The standard InChI is InChI=1S/C18H16F2INO3/c1-25-18(24)16(9-11-5-7-12(21)8-6-11)22-17(23)10-13-14(19)3-2-4-15(13)20/h2-8,16H,9-10H2,1H3,(H,22,23)/t16-/m0/s1. The molecular weight excluding hydrogens is 443 g/mol. The topological polar surface area (TPSA) is 55.4 Å². The van der Waals surface area contributed by atoms with Gasteiger partial charge in [0.05, 0.1) is 13.5 Å². The number of nitrogens with one attached hydrogen (secondary N) is 1. The fraction of sp³-hybridized carbons (Fsp3) is 0.222. The van der Waals surface area contributed by atoms with Crippen molar-refractivity contribution in [3.63, 3.8) is 0 Å². The van der Waals surface area contributed by atoms with E-state index in [1.807, 2.05) is 24.3 Å². The first-order valence-corrected chi connectivity index (χ1v) is 8.53. The molecule has 0 unspecified atom stereocenters. The van der Waals surface area contributed by atoms with Gasteiger partial charge in [-0.3, -0.25) is 4.79 Å². The number of ether oxygens (including phenoxy) is 1. The Kier molecular flexibility index (Phi) is 6.86. The van der Waals surface area contributed by atoms with Gasteiger partial charge in [-0.25, -0.2) is 13.6 Å². The lowest BCUT2D eigenvalue weighted by Crippen LogP contribution is -2.43. The Hall–Kier alpha value is -2.03. The normalized spacial score (nSPS) is 11.7. The summed E-state index contributed by atoms with van der Waals surface area (Å²) < 4.78 is 33.0. The molecule has 1 atom stereocenters. The number of hydrogen-bond acceptors (Lipinski definition) is 3. The van der Waals surface area contributed by atoms with Crippen molar-refractivity contribution in [2.75, 3.05) is 7.11 Å². The van der Waals surface area contributed by atoms with Crippen LogP contribution in [-0.4, -0.2) is 25.0 Å². The van der Waals surface area contributed by atoms with E-state index in [0.717, 1.165) is 21.3 Å². The van der Waals surface area contributed by atoms with Crippen LogP contribution in [0.3, 0.4) is 0 Å². The Bertz CT molecular complexity index is 745. The zero-order valence-corrected chi connectivity index (χ0v) is 15.5. The summed E-state index contributed by atoms with van der Waals surface area (Å²) in [6.07, 6.45) is -0.284. The number of benzene rings is 2. The van der Waals surface area contributed by atoms with Crippen LogP contribution in [0.2, 0.25) is 0 Å². The maximum absolute atomic E-state index is 13.6. The van der Waals surface area contributed by atoms with Gasteiger partial charge >= 0.3 is 5.97 Å². The molecule has 0 spiro atoms. The Morgan fingerprint density at radius 2 is 1.72 bits per heavy atom. The molecular formula is C18H16F2INO3. The van der Waals surface area contributed by atoms with Gasteiger partial charge in [0.1, 0.15) is 17.7 Å². The van der Waals surface area contributed by atoms with Gasteiger partial charge in [0.15, 0.2) is 0 Å². The largest absolute Gasteiger partial charge is 0.467 e. The van der Waals surface area contributed by atoms with Gasteiger partial charge in [-0.2, -0.15) is 0 Å². The van der Waals surface area contributed by atoms with Crippen molar-refractivity contribution in [3.05, 3.63) is 68.8 Å². The minimum Gasteiger partial charge on any atom is -0.467 e. The summed E-state index contributed by atoms with van der Waals surface area (Å²) in [5.74, 6) is -2.89. The quantitative estimate of drug-likeness (QED) is 0.534. The molecule has 0 aliphatic heterocycles. The molecule has 0 fully saturated rings. The average molecular weight is 459 g/mol. The molecule has 0 radical (unpaired) electrons. The van der Waals surface area contributed by atoms with Crippen molar-refractivity contribution in [2.24, 2.45) is 0 Å². The highest BCUT2D eigenvalue weighted by molar-refractivity contribution is 14.1. The molecule has 1 N–H and O–H groups in total. The molecule has 2 aromatic carbocycles. The van der Waals surface area contributed by atoms with Crippen LogP contribution >= 0.6 is 22.6 Å². The third kappa shape index (κ3) is 5.48. The van der Waals surface area contributed by atoms with E-state index in [1.54, 1.807) is 0 Å². The van der Waals surface area contributed by atoms with Crippen LogP contribution in [0.15, 0.2) is 42.5 Å². The maximum atomic E-state index is 13.6. The summed E-state index contributed by atoms with van der Waals surface area (Å²) in [5.41, 5.74) is 0.492. The summed E-state index contributed by atoms with van der Waals surface area (Å²) in [7, 11) is 1.21. The van der Waals surface area contributed by atoms with Gasteiger partial charge in [0.2, 0.25) is 5.91 Å². The number of methoxy groups -OCH3 is 1. The van der Waals surface area contributed by atoms with Crippen molar-refractivity contribution in [1.29, 1.82) is 0 Å². The SMILES string of the molecule is COC(=O)[C@H](Cc1ccc(I)cc1)NC(=O)Cc1c(F)cccc1F. The Morgan fingerprint density at radius 1 is 1.12 bits per heavy atom. The molecule has 2 rings (SSSR count). The Labute approximate surface area is 157 Å². The highest BCUT2D eigenvalue weighted by Gasteiger charge is 2.23. The summed E-state index contributed by atoms with van der Waals surface area (Å²) in [6, 6.07) is 9.86. The fourth-order valence-electron chi connectivity index (χ4n) is 2.30. The van der Waals surface area contributed by atoms with Crippen molar-refractivity contribution >= 4 is 34.5 Å². The molecule has 0 aromatic heterocycles. The van der Waals surface area contributed by atoms with E-state index >= 15 is 0 Å². The van der Waals surface area contributed by atoms with Crippen LogP contribution < -0.4 is 5.32 Å². The van der Waals surface area contributed by atoms with Gasteiger partial charge in [-0.15, -0.1) is 0 Å². The zero-order chi connectivity index (χ0) is 18.4. The Morgan fingerprint density at radius 3 is 2.28 bits per heavy atom. The predicted octanol–water partition coefficient (Wildman–Crippen LogP) is 3.01. The number of esters is 1.